The number of hydrogen-bond donors (Lipinski definition) is 4. The normalized spacial score (nSPS) is 26.8. The molecule has 0 saturated carbocycles. The van der Waals surface area contributed by atoms with Gasteiger partial charge < -0.3 is 35.3 Å². The van der Waals surface area contributed by atoms with E-state index in [1.807, 2.05) is 0 Å². The Balaban J connectivity index is 1.86. The molecule has 1 aliphatic heterocycles. The second-order valence-electron chi connectivity index (χ2n) is 9.76. The minimum absolute atomic E-state index is 0.0432. The monoisotopic (exact) mass is 621 g/mol. The van der Waals surface area contributed by atoms with Gasteiger partial charge in [0.25, 0.3) is 0 Å². The topological polar surface area (TPSA) is 220 Å². The molecule has 1 fully saturated rings. The van der Waals surface area contributed by atoms with Crippen LogP contribution in [0.1, 0.15) is 33.9 Å². The number of ether oxygens (including phenoxy) is 3. The Hall–Kier alpha value is -2.42. The van der Waals surface area contributed by atoms with Crippen LogP contribution in [0.5, 0.6) is 0 Å². The summed E-state index contributed by atoms with van der Waals surface area (Å²) in [5.74, 6) is 0.124. The highest BCUT2D eigenvalue weighted by Gasteiger charge is 2.64. The lowest BCUT2D eigenvalue weighted by atomic mass is 9.88. The molecule has 2 unspecified atom stereocenters. The van der Waals surface area contributed by atoms with Gasteiger partial charge >= 0.3 is 13.8 Å². The number of alkyl halides is 1. The molecule has 0 radical (unpaired) electrons. The van der Waals surface area contributed by atoms with E-state index in [-0.39, 0.29) is 22.9 Å². The van der Waals surface area contributed by atoms with E-state index in [0.29, 0.717) is 0 Å². The van der Waals surface area contributed by atoms with Crippen LogP contribution in [0.15, 0.2) is 12.7 Å². The number of carbonyl (C=O) groups excluding carboxylic acids is 1. The Morgan fingerprint density at radius 1 is 1.27 bits per heavy atom. The van der Waals surface area contributed by atoms with Gasteiger partial charge in [-0.1, -0.05) is 33.6 Å². The molecule has 0 aromatic carbocycles. The van der Waals surface area contributed by atoms with Crippen molar-refractivity contribution in [3.05, 3.63) is 12.7 Å². The molecule has 18 heteroatoms. The van der Waals surface area contributed by atoms with Crippen LogP contribution in [0.25, 0.3) is 11.2 Å². The number of hydrogen-bond acceptors (Lipinski definition) is 15. The van der Waals surface area contributed by atoms with Crippen molar-refractivity contribution in [2.75, 3.05) is 31.8 Å². The third kappa shape index (κ3) is 6.98. The SMILES string of the molecule is C#C[C@@]1(O)[C@H](O)[C@@](CCl)(COP(=O)(OCOC(=O)C(C)C)OCOC(O)C(C)C)O[C@H]1n1cnc2c(N)ncnc21. The molecule has 0 aliphatic carbocycles. The lowest BCUT2D eigenvalue weighted by Gasteiger charge is -2.31. The number of terminal acetylenes is 1. The number of aromatic nitrogens is 4. The van der Waals surface area contributed by atoms with E-state index in [1.54, 1.807) is 27.7 Å². The van der Waals surface area contributed by atoms with Crippen LogP contribution in [-0.4, -0.2) is 90.5 Å². The van der Waals surface area contributed by atoms with Gasteiger partial charge in [0.05, 0.1) is 24.7 Å². The molecule has 2 aromatic heterocycles. The number of nitrogens with zero attached hydrogens (tertiary/aromatic N) is 4. The molecule has 2 aromatic rings. The summed E-state index contributed by atoms with van der Waals surface area (Å²) in [6, 6.07) is 0. The number of halogens is 1. The van der Waals surface area contributed by atoms with Crippen molar-refractivity contribution in [3.63, 3.8) is 0 Å². The molecule has 3 heterocycles. The summed E-state index contributed by atoms with van der Waals surface area (Å²) < 4.78 is 46.3. The van der Waals surface area contributed by atoms with Crippen LogP contribution in [0.2, 0.25) is 0 Å². The zero-order chi connectivity index (χ0) is 30.6. The van der Waals surface area contributed by atoms with Crippen LogP contribution < -0.4 is 5.73 Å². The lowest BCUT2D eigenvalue weighted by Crippen LogP contribution is -2.53. The van der Waals surface area contributed by atoms with E-state index in [2.05, 4.69) is 20.9 Å². The van der Waals surface area contributed by atoms with Crippen LogP contribution in [0.4, 0.5) is 5.82 Å². The first-order valence-electron chi connectivity index (χ1n) is 12.3. The number of anilines is 1. The Bertz CT molecular complexity index is 1310. The van der Waals surface area contributed by atoms with Crippen molar-refractivity contribution in [2.45, 2.75) is 57.5 Å². The Labute approximate surface area is 240 Å². The number of phosphoric acid groups is 1. The van der Waals surface area contributed by atoms with Gasteiger partial charge in [-0.05, 0) is 0 Å². The van der Waals surface area contributed by atoms with Crippen molar-refractivity contribution in [1.82, 2.24) is 19.5 Å². The molecule has 228 valence electrons. The maximum absolute atomic E-state index is 13.4. The Morgan fingerprint density at radius 3 is 2.56 bits per heavy atom. The number of aliphatic hydroxyl groups excluding tert-OH is 2. The molecule has 0 spiro atoms. The summed E-state index contributed by atoms with van der Waals surface area (Å²) in [4.78, 5) is 23.9. The predicted octanol–water partition coefficient (Wildman–Crippen LogP) is 0.903. The fraction of sp³-hybridized carbons (Fsp3) is 0.652. The number of carbonyl (C=O) groups is 1. The number of fused-ring (bicyclic) bond motifs is 1. The fourth-order valence-corrected chi connectivity index (χ4v) is 4.86. The first-order valence-corrected chi connectivity index (χ1v) is 14.3. The molecular formula is C23H33ClN5O11P. The fourth-order valence-electron chi connectivity index (χ4n) is 3.60. The average Bonchev–Trinajstić information content (AvgIpc) is 3.46. The van der Waals surface area contributed by atoms with E-state index in [1.165, 1.54) is 10.9 Å². The van der Waals surface area contributed by atoms with Crippen molar-refractivity contribution < 1.29 is 52.5 Å². The Morgan fingerprint density at radius 2 is 1.95 bits per heavy atom. The van der Waals surface area contributed by atoms with E-state index in [4.69, 9.17) is 51.5 Å². The predicted molar refractivity (Wildman–Crippen MR) is 141 cm³/mol. The number of esters is 1. The largest absolute Gasteiger partial charge is 0.479 e. The van der Waals surface area contributed by atoms with Crippen LogP contribution in [0, 0.1) is 24.2 Å². The first kappa shape index (κ1) is 33.1. The molecule has 1 saturated heterocycles. The average molecular weight is 622 g/mol. The van der Waals surface area contributed by atoms with Crippen molar-refractivity contribution in [2.24, 2.45) is 11.8 Å². The zero-order valence-corrected chi connectivity index (χ0v) is 24.4. The van der Waals surface area contributed by atoms with Gasteiger partial charge in [-0.2, -0.15) is 0 Å². The molecule has 0 amide bonds. The van der Waals surface area contributed by atoms with Gasteiger partial charge in [-0.25, -0.2) is 24.0 Å². The van der Waals surface area contributed by atoms with Crippen LogP contribution >= 0.6 is 19.4 Å². The molecule has 16 nitrogen and oxygen atoms in total. The van der Waals surface area contributed by atoms with Crippen LogP contribution in [0.3, 0.4) is 0 Å². The van der Waals surface area contributed by atoms with Gasteiger partial charge in [-0.3, -0.25) is 18.4 Å². The minimum Gasteiger partial charge on any atom is -0.438 e. The highest BCUT2D eigenvalue weighted by Crippen LogP contribution is 2.53. The second kappa shape index (κ2) is 13.3. The van der Waals surface area contributed by atoms with Crippen molar-refractivity contribution in [3.8, 4) is 12.3 Å². The summed E-state index contributed by atoms with van der Waals surface area (Å²) in [5.41, 5.74) is 1.72. The molecular weight excluding hydrogens is 589 g/mol. The zero-order valence-electron chi connectivity index (χ0n) is 22.7. The standard InChI is InChI=1S/C23H33ClN5O11P/c1-6-23(33)20(32)22(7-24,40-21(23)29-10-28-15-16(25)26-9-27-17(15)29)8-37-41(34,38-11-35-18(30)13(2)3)39-12-36-19(31)14(4)5/h1,9-10,13-14,18,20-21,30,32-33H,7-8,11-12H2,2-5H3,(H2,25,26,27)/t18?,20-,21-,22-,23-,41?/m1/s1. The number of nitrogen functional groups attached to an aromatic ring is 1. The number of aliphatic hydroxyl groups is 3. The lowest BCUT2D eigenvalue weighted by molar-refractivity contribution is -0.174. The molecule has 0 bridgehead atoms. The molecule has 6 atom stereocenters. The number of rotatable bonds is 14. The highest BCUT2D eigenvalue weighted by atomic mass is 35.5. The van der Waals surface area contributed by atoms with Gasteiger partial charge in [0.2, 0.25) is 6.79 Å². The smallest absolute Gasteiger partial charge is 0.438 e. The van der Waals surface area contributed by atoms with Crippen molar-refractivity contribution >= 4 is 42.4 Å². The van der Waals surface area contributed by atoms with Gasteiger partial charge in [0, 0.05) is 5.92 Å². The molecule has 1 aliphatic rings. The third-order valence-corrected chi connectivity index (χ3v) is 7.85. The first-order chi connectivity index (χ1) is 19.2. The highest BCUT2D eigenvalue weighted by molar-refractivity contribution is 7.48. The maximum atomic E-state index is 13.4. The number of nitrogens with two attached hydrogens (primary N) is 1. The molecule has 3 rings (SSSR count). The number of phosphoric ester groups is 1. The molecule has 41 heavy (non-hydrogen) atoms. The minimum atomic E-state index is -4.66. The summed E-state index contributed by atoms with van der Waals surface area (Å²) in [5, 5.41) is 32.4. The third-order valence-electron chi connectivity index (χ3n) is 6.11. The summed E-state index contributed by atoms with van der Waals surface area (Å²) in [6.45, 7) is 4.07. The maximum Gasteiger partial charge on any atom is 0.479 e. The number of imidazole rings is 1. The Kier molecular flexibility index (Phi) is 10.7. The van der Waals surface area contributed by atoms with E-state index in [0.717, 1.165) is 6.33 Å². The second-order valence-corrected chi connectivity index (χ2v) is 11.7. The quantitative estimate of drug-likeness (QED) is 0.0756. The summed E-state index contributed by atoms with van der Waals surface area (Å²) >= 11 is 6.19. The van der Waals surface area contributed by atoms with Crippen molar-refractivity contribution in [1.29, 1.82) is 0 Å². The van der Waals surface area contributed by atoms with E-state index < -0.39 is 75.6 Å². The summed E-state index contributed by atoms with van der Waals surface area (Å²) in [7, 11) is -4.66. The summed E-state index contributed by atoms with van der Waals surface area (Å²) in [6.07, 6.45) is 3.27. The van der Waals surface area contributed by atoms with Crippen LogP contribution in [-0.2, 0) is 37.1 Å². The van der Waals surface area contributed by atoms with Gasteiger partial charge in [0.15, 0.2) is 36.4 Å². The molecule has 5 N–H and O–H groups in total. The van der Waals surface area contributed by atoms with Gasteiger partial charge in [-0.15, -0.1) is 18.0 Å². The van der Waals surface area contributed by atoms with E-state index >= 15 is 0 Å². The van der Waals surface area contributed by atoms with E-state index in [9.17, 15) is 24.7 Å². The van der Waals surface area contributed by atoms with Gasteiger partial charge in [0.1, 0.15) is 23.5 Å².